The number of aromatic amines is 1. The molecular weight excluding hydrogens is 379 g/mol. The second-order valence-electron chi connectivity index (χ2n) is 5.55. The first-order valence-corrected chi connectivity index (χ1v) is 8.84. The van der Waals surface area contributed by atoms with Gasteiger partial charge in [-0.25, -0.2) is 9.49 Å². The van der Waals surface area contributed by atoms with Gasteiger partial charge < -0.3 is 9.47 Å². The molecule has 1 aromatic heterocycles. The summed E-state index contributed by atoms with van der Waals surface area (Å²) in [6, 6.07) is 11.4. The molecule has 0 saturated carbocycles. The highest BCUT2D eigenvalue weighted by Gasteiger charge is 2.09. The third-order valence-electron chi connectivity index (χ3n) is 3.63. The Hall–Kier alpha value is -3.44. The summed E-state index contributed by atoms with van der Waals surface area (Å²) in [5, 5.41) is 11.2. The van der Waals surface area contributed by atoms with E-state index in [1.807, 2.05) is 13.0 Å². The van der Waals surface area contributed by atoms with Gasteiger partial charge in [-0.1, -0.05) is 18.1 Å². The van der Waals surface area contributed by atoms with Crippen molar-refractivity contribution in [1.82, 2.24) is 14.9 Å². The molecule has 3 aromatic rings. The topological polar surface area (TPSA) is 64.4 Å². The van der Waals surface area contributed by atoms with Crippen molar-refractivity contribution in [2.24, 2.45) is 5.10 Å². The van der Waals surface area contributed by atoms with Gasteiger partial charge in [0.05, 0.1) is 12.8 Å². The Kier molecular flexibility index (Phi) is 6.19. The summed E-state index contributed by atoms with van der Waals surface area (Å²) in [5.74, 6) is 3.56. The van der Waals surface area contributed by atoms with Crippen LogP contribution in [0.25, 0.3) is 11.4 Å². The minimum atomic E-state index is -0.370. The molecule has 0 spiro atoms. The van der Waals surface area contributed by atoms with Gasteiger partial charge in [0.15, 0.2) is 17.3 Å². The summed E-state index contributed by atoms with van der Waals surface area (Å²) < 4.78 is 26.3. The number of terminal acetylenes is 1. The Morgan fingerprint density at radius 3 is 2.89 bits per heavy atom. The number of aromatic nitrogens is 3. The van der Waals surface area contributed by atoms with Crippen LogP contribution < -0.4 is 9.47 Å². The molecule has 1 heterocycles. The molecule has 6 nitrogen and oxygen atoms in total. The first-order valence-electron chi connectivity index (χ1n) is 8.43. The van der Waals surface area contributed by atoms with Crippen molar-refractivity contribution in [2.75, 3.05) is 13.2 Å². The highest BCUT2D eigenvalue weighted by Crippen LogP contribution is 2.28. The molecule has 0 atom stereocenters. The molecule has 0 unspecified atom stereocenters. The number of ether oxygens (including phenoxy) is 2. The highest BCUT2D eigenvalue weighted by molar-refractivity contribution is 7.71. The van der Waals surface area contributed by atoms with Crippen LogP contribution in [0, 0.1) is 22.9 Å². The zero-order chi connectivity index (χ0) is 19.9. The summed E-state index contributed by atoms with van der Waals surface area (Å²) >= 11 is 5.23. The highest BCUT2D eigenvalue weighted by atomic mass is 32.1. The standard InChI is InChI=1S/C20H17FN4O2S/c1-3-10-27-17-9-8-14(11-18(17)26-4-2)13-22-25-19(23-24-20(25)28)15-6-5-7-16(21)12-15/h1,5-9,11-13H,4,10H2,2H3,(H,24,28)/b22-13-. The molecule has 0 aliphatic heterocycles. The lowest BCUT2D eigenvalue weighted by Gasteiger charge is -2.10. The van der Waals surface area contributed by atoms with E-state index in [9.17, 15) is 4.39 Å². The molecule has 0 amide bonds. The number of nitrogens with zero attached hydrogens (tertiary/aromatic N) is 3. The van der Waals surface area contributed by atoms with Crippen LogP contribution in [0.1, 0.15) is 12.5 Å². The van der Waals surface area contributed by atoms with Gasteiger partial charge >= 0.3 is 0 Å². The molecule has 3 rings (SSSR count). The second-order valence-corrected chi connectivity index (χ2v) is 5.94. The maximum atomic E-state index is 13.5. The van der Waals surface area contributed by atoms with Crippen LogP contribution in [0.5, 0.6) is 11.5 Å². The van der Waals surface area contributed by atoms with Crippen molar-refractivity contribution in [3.8, 4) is 35.2 Å². The maximum Gasteiger partial charge on any atom is 0.216 e. The Bertz CT molecular complexity index is 1100. The van der Waals surface area contributed by atoms with Gasteiger partial charge in [0.25, 0.3) is 0 Å². The average molecular weight is 396 g/mol. The quantitative estimate of drug-likeness (QED) is 0.372. The number of halogens is 1. The average Bonchev–Trinajstić information content (AvgIpc) is 3.06. The van der Waals surface area contributed by atoms with Gasteiger partial charge in [0.2, 0.25) is 4.77 Å². The Morgan fingerprint density at radius 2 is 2.14 bits per heavy atom. The van der Waals surface area contributed by atoms with Crippen molar-refractivity contribution in [2.45, 2.75) is 6.92 Å². The molecule has 0 aliphatic carbocycles. The van der Waals surface area contributed by atoms with Crippen molar-refractivity contribution in [3.63, 3.8) is 0 Å². The summed E-state index contributed by atoms with van der Waals surface area (Å²) in [5.41, 5.74) is 1.31. The molecule has 1 N–H and O–H groups in total. The molecule has 0 radical (unpaired) electrons. The number of hydrogen-bond acceptors (Lipinski definition) is 5. The predicted molar refractivity (Wildman–Crippen MR) is 108 cm³/mol. The molecule has 142 valence electrons. The molecule has 0 saturated heterocycles. The van der Waals surface area contributed by atoms with Crippen LogP contribution in [0.15, 0.2) is 47.6 Å². The van der Waals surface area contributed by atoms with E-state index >= 15 is 0 Å². The van der Waals surface area contributed by atoms with E-state index < -0.39 is 0 Å². The Morgan fingerprint density at radius 1 is 1.29 bits per heavy atom. The van der Waals surface area contributed by atoms with E-state index in [0.717, 1.165) is 5.56 Å². The van der Waals surface area contributed by atoms with Crippen molar-refractivity contribution in [3.05, 3.63) is 58.6 Å². The summed E-state index contributed by atoms with van der Waals surface area (Å²) in [6.45, 7) is 2.50. The first kappa shape index (κ1) is 19.3. The maximum absolute atomic E-state index is 13.5. The minimum absolute atomic E-state index is 0.148. The van der Waals surface area contributed by atoms with Gasteiger partial charge in [0.1, 0.15) is 12.4 Å². The lowest BCUT2D eigenvalue weighted by atomic mass is 10.2. The molecule has 28 heavy (non-hydrogen) atoms. The molecule has 0 aliphatic rings. The molecule has 0 fully saturated rings. The van der Waals surface area contributed by atoms with Crippen LogP contribution in [0.3, 0.4) is 0 Å². The molecule has 2 aromatic carbocycles. The van der Waals surface area contributed by atoms with Gasteiger partial charge in [-0.05, 0) is 55.0 Å². The van der Waals surface area contributed by atoms with Crippen molar-refractivity contribution >= 4 is 18.4 Å². The normalized spacial score (nSPS) is 10.8. The number of H-pyrrole nitrogens is 1. The van der Waals surface area contributed by atoms with E-state index in [2.05, 4.69) is 21.2 Å². The zero-order valence-corrected chi connectivity index (χ0v) is 15.9. The van der Waals surface area contributed by atoms with E-state index in [1.54, 1.807) is 30.5 Å². The Balaban J connectivity index is 1.92. The Labute approximate surface area is 166 Å². The van der Waals surface area contributed by atoms with E-state index in [-0.39, 0.29) is 17.2 Å². The lowest BCUT2D eigenvalue weighted by molar-refractivity contribution is 0.299. The summed E-state index contributed by atoms with van der Waals surface area (Å²) in [7, 11) is 0. The lowest BCUT2D eigenvalue weighted by Crippen LogP contribution is -2.00. The van der Waals surface area contributed by atoms with Gasteiger partial charge in [-0.2, -0.15) is 14.9 Å². The third kappa shape index (κ3) is 4.45. The van der Waals surface area contributed by atoms with Crippen LogP contribution in [0.2, 0.25) is 0 Å². The first-order chi connectivity index (χ1) is 13.6. The molecule has 0 bridgehead atoms. The molecular formula is C20H17FN4O2S. The zero-order valence-electron chi connectivity index (χ0n) is 15.1. The van der Waals surface area contributed by atoms with Gasteiger partial charge in [0, 0.05) is 5.56 Å². The number of hydrogen-bond donors (Lipinski definition) is 1. The predicted octanol–water partition coefficient (Wildman–Crippen LogP) is 4.04. The fourth-order valence-electron chi connectivity index (χ4n) is 2.45. The number of rotatable bonds is 7. The third-order valence-corrected chi connectivity index (χ3v) is 3.90. The van der Waals surface area contributed by atoms with Crippen LogP contribution >= 0.6 is 12.2 Å². The number of benzene rings is 2. The van der Waals surface area contributed by atoms with Crippen molar-refractivity contribution < 1.29 is 13.9 Å². The van der Waals surface area contributed by atoms with E-state index in [4.69, 9.17) is 28.1 Å². The largest absolute Gasteiger partial charge is 0.490 e. The van der Waals surface area contributed by atoms with Crippen LogP contribution in [-0.2, 0) is 0 Å². The summed E-state index contributed by atoms with van der Waals surface area (Å²) in [6.07, 6.45) is 6.83. The SMILES string of the molecule is C#CCOc1ccc(/C=N\n2c(-c3cccc(F)c3)n[nH]c2=S)cc1OCC. The van der Waals surface area contributed by atoms with Crippen LogP contribution in [-0.4, -0.2) is 34.3 Å². The van der Waals surface area contributed by atoms with Crippen LogP contribution in [0.4, 0.5) is 4.39 Å². The van der Waals surface area contributed by atoms with Gasteiger partial charge in [-0.15, -0.1) is 6.42 Å². The number of nitrogens with one attached hydrogen (secondary N) is 1. The monoisotopic (exact) mass is 396 g/mol. The van der Waals surface area contributed by atoms with Gasteiger partial charge in [-0.3, -0.25) is 0 Å². The van der Waals surface area contributed by atoms with Crippen molar-refractivity contribution in [1.29, 1.82) is 0 Å². The fraction of sp³-hybridized carbons (Fsp3) is 0.150. The second kappa shape index (κ2) is 8.97. The van der Waals surface area contributed by atoms with E-state index in [1.165, 1.54) is 16.8 Å². The fourth-order valence-corrected chi connectivity index (χ4v) is 2.63. The van der Waals surface area contributed by atoms with E-state index in [0.29, 0.717) is 29.5 Å². The molecule has 8 heteroatoms. The smallest absolute Gasteiger partial charge is 0.216 e. The summed E-state index contributed by atoms with van der Waals surface area (Å²) in [4.78, 5) is 0. The minimum Gasteiger partial charge on any atom is -0.490 e.